The molecule has 1 fully saturated rings. The summed E-state index contributed by atoms with van der Waals surface area (Å²) in [6, 6.07) is 14.9. The molecule has 0 saturated carbocycles. The van der Waals surface area contributed by atoms with Gasteiger partial charge in [0.1, 0.15) is 11.4 Å². The lowest BCUT2D eigenvalue weighted by atomic mass is 10.00. The predicted octanol–water partition coefficient (Wildman–Crippen LogP) is 3.23. The summed E-state index contributed by atoms with van der Waals surface area (Å²) in [6.45, 7) is 4.18. The monoisotopic (exact) mass is 351 g/mol. The van der Waals surface area contributed by atoms with Crippen LogP contribution in [0.5, 0.6) is 0 Å². The molecular formula is C21H25N3O2. The Balaban J connectivity index is 1.71. The van der Waals surface area contributed by atoms with Gasteiger partial charge in [-0.25, -0.2) is 4.98 Å². The Hall–Kier alpha value is -2.69. The van der Waals surface area contributed by atoms with Gasteiger partial charge in [0.05, 0.1) is 0 Å². The van der Waals surface area contributed by atoms with Gasteiger partial charge in [-0.2, -0.15) is 0 Å². The third kappa shape index (κ3) is 4.28. The lowest BCUT2D eigenvalue weighted by molar-refractivity contribution is 0.0676. The van der Waals surface area contributed by atoms with Gasteiger partial charge in [0.15, 0.2) is 0 Å². The van der Waals surface area contributed by atoms with E-state index in [0.29, 0.717) is 23.9 Å². The molecule has 2 heterocycles. The lowest BCUT2D eigenvalue weighted by Crippen LogP contribution is -2.39. The molecule has 0 spiro atoms. The van der Waals surface area contributed by atoms with Gasteiger partial charge in [0.25, 0.3) is 11.8 Å². The summed E-state index contributed by atoms with van der Waals surface area (Å²) >= 11 is 0. The van der Waals surface area contributed by atoms with Gasteiger partial charge >= 0.3 is 0 Å². The molecule has 1 saturated heterocycles. The number of carbonyl (C=O) groups is 2. The van der Waals surface area contributed by atoms with E-state index in [0.717, 1.165) is 31.5 Å². The number of aromatic nitrogens is 1. The van der Waals surface area contributed by atoms with Crippen molar-refractivity contribution >= 4 is 11.8 Å². The second-order valence-electron chi connectivity index (χ2n) is 7.05. The molecule has 5 nitrogen and oxygen atoms in total. The SMILES string of the molecule is CC1CCCN(C(=O)c2cccc(C(=O)N(C)Cc3ccccc3)n2)C1. The maximum absolute atomic E-state index is 12.7. The van der Waals surface area contributed by atoms with Crippen LogP contribution in [0, 0.1) is 5.92 Å². The molecule has 1 aliphatic rings. The van der Waals surface area contributed by atoms with Gasteiger partial charge in [0, 0.05) is 26.7 Å². The van der Waals surface area contributed by atoms with E-state index in [2.05, 4.69) is 11.9 Å². The zero-order valence-electron chi connectivity index (χ0n) is 15.4. The summed E-state index contributed by atoms with van der Waals surface area (Å²) in [6.07, 6.45) is 2.17. The first-order valence-corrected chi connectivity index (χ1v) is 9.10. The highest BCUT2D eigenvalue weighted by Gasteiger charge is 2.24. The Bertz CT molecular complexity index is 776. The van der Waals surface area contributed by atoms with Crippen molar-refractivity contribution in [1.82, 2.24) is 14.8 Å². The number of hydrogen-bond acceptors (Lipinski definition) is 3. The summed E-state index contributed by atoms with van der Waals surface area (Å²) in [5, 5.41) is 0. The van der Waals surface area contributed by atoms with E-state index in [1.807, 2.05) is 35.2 Å². The van der Waals surface area contributed by atoms with E-state index in [-0.39, 0.29) is 11.8 Å². The van der Waals surface area contributed by atoms with Crippen molar-refractivity contribution in [3.63, 3.8) is 0 Å². The zero-order chi connectivity index (χ0) is 18.5. The summed E-state index contributed by atoms with van der Waals surface area (Å²) < 4.78 is 0. The third-order valence-corrected chi connectivity index (χ3v) is 4.74. The second-order valence-corrected chi connectivity index (χ2v) is 7.05. The van der Waals surface area contributed by atoms with E-state index in [9.17, 15) is 9.59 Å². The number of rotatable bonds is 4. The standard InChI is InChI=1S/C21H25N3O2/c1-16-8-7-13-24(14-16)21(26)19-12-6-11-18(22-19)20(25)23(2)15-17-9-4-3-5-10-17/h3-6,9-12,16H,7-8,13-15H2,1-2H3. The fourth-order valence-electron chi connectivity index (χ4n) is 3.33. The van der Waals surface area contributed by atoms with Crippen molar-refractivity contribution in [3.05, 3.63) is 65.5 Å². The van der Waals surface area contributed by atoms with Crippen LogP contribution in [0.2, 0.25) is 0 Å². The van der Waals surface area contributed by atoms with Crippen LogP contribution in [0.1, 0.15) is 46.3 Å². The van der Waals surface area contributed by atoms with Gasteiger partial charge < -0.3 is 9.80 Å². The Morgan fingerprint density at radius 2 is 1.85 bits per heavy atom. The Morgan fingerprint density at radius 3 is 2.58 bits per heavy atom. The Morgan fingerprint density at radius 1 is 1.12 bits per heavy atom. The Kier molecular flexibility index (Phi) is 5.66. The van der Waals surface area contributed by atoms with Crippen molar-refractivity contribution < 1.29 is 9.59 Å². The van der Waals surface area contributed by atoms with E-state index >= 15 is 0 Å². The average molecular weight is 351 g/mol. The number of pyridine rings is 1. The minimum atomic E-state index is -0.185. The van der Waals surface area contributed by atoms with Crippen LogP contribution in [-0.4, -0.2) is 46.7 Å². The second kappa shape index (κ2) is 8.13. The van der Waals surface area contributed by atoms with Gasteiger partial charge in [-0.1, -0.05) is 43.3 Å². The van der Waals surface area contributed by atoms with Crippen LogP contribution in [0.3, 0.4) is 0 Å². The number of benzene rings is 1. The van der Waals surface area contributed by atoms with Crippen LogP contribution < -0.4 is 0 Å². The largest absolute Gasteiger partial charge is 0.337 e. The lowest BCUT2D eigenvalue weighted by Gasteiger charge is -2.30. The number of hydrogen-bond donors (Lipinski definition) is 0. The normalized spacial score (nSPS) is 17.0. The summed E-state index contributed by atoms with van der Waals surface area (Å²) in [5.74, 6) is 0.238. The third-order valence-electron chi connectivity index (χ3n) is 4.74. The van der Waals surface area contributed by atoms with Crippen LogP contribution in [-0.2, 0) is 6.54 Å². The number of nitrogens with zero attached hydrogens (tertiary/aromatic N) is 3. The van der Waals surface area contributed by atoms with Crippen LogP contribution >= 0.6 is 0 Å². The number of carbonyl (C=O) groups excluding carboxylic acids is 2. The fourth-order valence-corrected chi connectivity index (χ4v) is 3.33. The molecule has 3 rings (SSSR count). The van der Waals surface area contributed by atoms with Gasteiger partial charge in [-0.15, -0.1) is 0 Å². The van der Waals surface area contributed by atoms with Crippen molar-refractivity contribution in [3.8, 4) is 0 Å². The molecule has 1 atom stereocenters. The molecule has 0 N–H and O–H groups in total. The van der Waals surface area contributed by atoms with E-state index in [4.69, 9.17) is 0 Å². The Labute approximate surface area is 154 Å². The summed E-state index contributed by atoms with van der Waals surface area (Å²) in [7, 11) is 1.75. The predicted molar refractivity (Wildman–Crippen MR) is 101 cm³/mol. The average Bonchev–Trinajstić information content (AvgIpc) is 2.67. The first-order valence-electron chi connectivity index (χ1n) is 9.10. The molecule has 1 aromatic carbocycles. The van der Waals surface area contributed by atoms with Crippen LogP contribution in [0.15, 0.2) is 48.5 Å². The first kappa shape index (κ1) is 18.1. The highest BCUT2D eigenvalue weighted by molar-refractivity contribution is 5.96. The maximum Gasteiger partial charge on any atom is 0.272 e. The molecule has 2 aromatic rings. The molecular weight excluding hydrogens is 326 g/mol. The molecule has 1 aliphatic heterocycles. The number of amides is 2. The van der Waals surface area contributed by atoms with Crippen molar-refractivity contribution in [2.45, 2.75) is 26.3 Å². The van der Waals surface area contributed by atoms with Gasteiger partial charge in [0.2, 0.25) is 0 Å². The minimum absolute atomic E-state index is 0.0862. The maximum atomic E-state index is 12.7. The number of piperidine rings is 1. The quantitative estimate of drug-likeness (QED) is 0.850. The topological polar surface area (TPSA) is 53.5 Å². The molecule has 2 amide bonds. The van der Waals surface area contributed by atoms with Crippen molar-refractivity contribution in [2.75, 3.05) is 20.1 Å². The van der Waals surface area contributed by atoms with E-state index in [1.54, 1.807) is 30.1 Å². The van der Waals surface area contributed by atoms with E-state index in [1.165, 1.54) is 0 Å². The van der Waals surface area contributed by atoms with Crippen molar-refractivity contribution in [1.29, 1.82) is 0 Å². The smallest absolute Gasteiger partial charge is 0.272 e. The molecule has 0 radical (unpaired) electrons. The highest BCUT2D eigenvalue weighted by atomic mass is 16.2. The minimum Gasteiger partial charge on any atom is -0.337 e. The van der Waals surface area contributed by atoms with Crippen molar-refractivity contribution in [2.24, 2.45) is 5.92 Å². The summed E-state index contributed by atoms with van der Waals surface area (Å²) in [5.41, 5.74) is 1.70. The van der Waals surface area contributed by atoms with Crippen LogP contribution in [0.25, 0.3) is 0 Å². The number of likely N-dealkylation sites (tertiary alicyclic amines) is 1. The molecule has 5 heteroatoms. The zero-order valence-corrected chi connectivity index (χ0v) is 15.4. The highest BCUT2D eigenvalue weighted by Crippen LogP contribution is 2.17. The molecule has 136 valence electrons. The molecule has 1 aromatic heterocycles. The van der Waals surface area contributed by atoms with Crippen LogP contribution in [0.4, 0.5) is 0 Å². The molecule has 1 unspecified atom stereocenters. The summed E-state index contributed by atoms with van der Waals surface area (Å²) in [4.78, 5) is 33.2. The van der Waals surface area contributed by atoms with Gasteiger partial charge in [-0.3, -0.25) is 9.59 Å². The fraction of sp³-hybridized carbons (Fsp3) is 0.381. The van der Waals surface area contributed by atoms with Gasteiger partial charge in [-0.05, 0) is 36.5 Å². The molecule has 0 bridgehead atoms. The van der Waals surface area contributed by atoms with E-state index < -0.39 is 0 Å². The molecule has 26 heavy (non-hydrogen) atoms. The molecule has 0 aliphatic carbocycles. The first-order chi connectivity index (χ1) is 12.5.